The van der Waals surface area contributed by atoms with Crippen LogP contribution in [0.4, 0.5) is 0 Å². The molecule has 0 radical (unpaired) electrons. The van der Waals surface area contributed by atoms with E-state index in [9.17, 15) is 0 Å². The van der Waals surface area contributed by atoms with E-state index < -0.39 is 0 Å². The number of halogens is 1. The highest BCUT2D eigenvalue weighted by atomic mass is 35.5. The van der Waals surface area contributed by atoms with E-state index in [1.54, 1.807) is 24.3 Å². The van der Waals surface area contributed by atoms with E-state index in [1.807, 2.05) is 18.5 Å². The van der Waals surface area contributed by atoms with E-state index in [0.717, 1.165) is 17.9 Å². The summed E-state index contributed by atoms with van der Waals surface area (Å²) >= 11 is 6.22. The maximum absolute atomic E-state index is 7.33. The lowest BCUT2D eigenvalue weighted by Crippen LogP contribution is -2.10. The van der Waals surface area contributed by atoms with Gasteiger partial charge in [-0.3, -0.25) is 10.1 Å². The summed E-state index contributed by atoms with van der Waals surface area (Å²) in [6.07, 6.45) is 0. The van der Waals surface area contributed by atoms with Crippen LogP contribution in [-0.4, -0.2) is 15.6 Å². The predicted octanol–water partition coefficient (Wildman–Crippen LogP) is 2.73. The molecule has 6 heteroatoms. The van der Waals surface area contributed by atoms with Gasteiger partial charge in [-0.05, 0) is 38.1 Å². The fourth-order valence-corrected chi connectivity index (χ4v) is 2.08. The van der Waals surface area contributed by atoms with Crippen LogP contribution in [0.2, 0.25) is 5.02 Å². The fourth-order valence-electron chi connectivity index (χ4n) is 1.89. The molecule has 0 fully saturated rings. The normalized spacial score (nSPS) is 10.6. The Balaban J connectivity index is 2.10. The zero-order chi connectivity index (χ0) is 14.7. The third-order valence-corrected chi connectivity index (χ3v) is 3.49. The van der Waals surface area contributed by atoms with Crippen LogP contribution in [0.25, 0.3) is 0 Å². The van der Waals surface area contributed by atoms with Crippen LogP contribution >= 0.6 is 11.6 Å². The maximum atomic E-state index is 7.33. The van der Waals surface area contributed by atoms with Crippen molar-refractivity contribution in [1.29, 1.82) is 5.41 Å². The van der Waals surface area contributed by atoms with E-state index in [2.05, 4.69) is 5.10 Å². The number of nitrogens with two attached hydrogens (primary N) is 1. The number of nitrogens with one attached hydrogen (secondary N) is 1. The van der Waals surface area contributed by atoms with Crippen molar-refractivity contribution in [3.05, 3.63) is 46.2 Å². The number of aromatic nitrogens is 2. The molecule has 2 aromatic rings. The monoisotopic (exact) mass is 292 g/mol. The first-order valence-electron chi connectivity index (χ1n) is 6.32. The first kappa shape index (κ1) is 14.4. The Morgan fingerprint density at radius 2 is 2.05 bits per heavy atom. The van der Waals surface area contributed by atoms with Gasteiger partial charge in [0, 0.05) is 12.1 Å². The lowest BCUT2D eigenvalue weighted by molar-refractivity contribution is 0.292. The van der Waals surface area contributed by atoms with Crippen molar-refractivity contribution in [2.24, 2.45) is 5.73 Å². The lowest BCUT2D eigenvalue weighted by Gasteiger charge is -2.09. The van der Waals surface area contributed by atoms with Crippen LogP contribution in [0.15, 0.2) is 24.3 Å². The Bertz CT molecular complexity index is 619. The molecule has 1 aromatic carbocycles. The Labute approximate surface area is 122 Å². The molecule has 106 valence electrons. The van der Waals surface area contributed by atoms with E-state index in [-0.39, 0.29) is 5.84 Å². The molecule has 0 saturated heterocycles. The van der Waals surface area contributed by atoms with Crippen molar-refractivity contribution in [2.75, 3.05) is 0 Å². The third kappa shape index (κ3) is 2.93. The van der Waals surface area contributed by atoms with Gasteiger partial charge in [-0.15, -0.1) is 0 Å². The minimum atomic E-state index is 0.0410. The number of hydrogen-bond acceptors (Lipinski definition) is 3. The molecule has 2 rings (SSSR count). The Morgan fingerprint density at radius 3 is 2.60 bits per heavy atom. The maximum Gasteiger partial charge on any atom is 0.131 e. The van der Waals surface area contributed by atoms with Crippen molar-refractivity contribution < 1.29 is 4.74 Å². The summed E-state index contributed by atoms with van der Waals surface area (Å²) in [4.78, 5) is 0. The molecule has 0 saturated carbocycles. The predicted molar refractivity (Wildman–Crippen MR) is 79.4 cm³/mol. The number of aryl methyl sites for hydroxylation is 2. The van der Waals surface area contributed by atoms with Crippen LogP contribution in [0, 0.1) is 12.3 Å². The Hall–Kier alpha value is -2.01. The largest absolute Gasteiger partial charge is 0.487 e. The van der Waals surface area contributed by atoms with Crippen molar-refractivity contribution in [3.8, 4) is 5.75 Å². The number of nitrogens with zero attached hydrogens (tertiary/aromatic N) is 2. The van der Waals surface area contributed by atoms with Crippen LogP contribution in [0.1, 0.15) is 23.9 Å². The van der Waals surface area contributed by atoms with Gasteiger partial charge in [0.25, 0.3) is 0 Å². The zero-order valence-corrected chi connectivity index (χ0v) is 12.2. The third-order valence-electron chi connectivity index (χ3n) is 2.99. The summed E-state index contributed by atoms with van der Waals surface area (Å²) in [6.45, 7) is 4.98. The summed E-state index contributed by atoms with van der Waals surface area (Å²) in [5.74, 6) is 0.742. The second kappa shape index (κ2) is 5.96. The highest BCUT2D eigenvalue weighted by Crippen LogP contribution is 2.22. The van der Waals surface area contributed by atoms with Crippen molar-refractivity contribution >= 4 is 17.4 Å². The summed E-state index contributed by atoms with van der Waals surface area (Å²) in [5, 5.41) is 12.3. The molecule has 1 heterocycles. The quantitative estimate of drug-likeness (QED) is 0.657. The molecule has 0 aliphatic carbocycles. The van der Waals surface area contributed by atoms with Crippen LogP contribution in [-0.2, 0) is 13.2 Å². The van der Waals surface area contributed by atoms with E-state index >= 15 is 0 Å². The van der Waals surface area contributed by atoms with Crippen molar-refractivity contribution in [1.82, 2.24) is 9.78 Å². The second-order valence-electron chi connectivity index (χ2n) is 4.39. The molecular weight excluding hydrogens is 276 g/mol. The van der Waals surface area contributed by atoms with Gasteiger partial charge >= 0.3 is 0 Å². The Morgan fingerprint density at radius 1 is 1.40 bits per heavy atom. The number of amidine groups is 1. The van der Waals surface area contributed by atoms with Crippen LogP contribution in [0.3, 0.4) is 0 Å². The SMILES string of the molecule is CCn1nc(C)c(Cl)c1COc1ccc(C(=N)N)cc1. The average molecular weight is 293 g/mol. The van der Waals surface area contributed by atoms with Gasteiger partial charge in [0.15, 0.2) is 0 Å². The standard InChI is InChI=1S/C14H17ClN4O/c1-3-19-12(13(15)9(2)18-19)8-20-11-6-4-10(5-7-11)14(16)17/h4-7H,3,8H2,1-2H3,(H3,16,17). The number of hydrogen-bond donors (Lipinski definition) is 2. The second-order valence-corrected chi connectivity index (χ2v) is 4.77. The van der Waals surface area contributed by atoms with Gasteiger partial charge < -0.3 is 10.5 Å². The lowest BCUT2D eigenvalue weighted by atomic mass is 10.2. The van der Waals surface area contributed by atoms with Gasteiger partial charge in [-0.1, -0.05) is 11.6 Å². The molecule has 0 spiro atoms. The molecule has 0 atom stereocenters. The number of rotatable bonds is 5. The first-order chi connectivity index (χ1) is 9.52. The first-order valence-corrected chi connectivity index (χ1v) is 6.69. The molecule has 5 nitrogen and oxygen atoms in total. The number of ether oxygens (including phenoxy) is 1. The molecule has 0 unspecified atom stereocenters. The highest BCUT2D eigenvalue weighted by molar-refractivity contribution is 6.31. The fraction of sp³-hybridized carbons (Fsp3) is 0.286. The van der Waals surface area contributed by atoms with Gasteiger partial charge in [-0.25, -0.2) is 0 Å². The van der Waals surface area contributed by atoms with E-state index in [1.165, 1.54) is 0 Å². The summed E-state index contributed by atoms with van der Waals surface area (Å²) < 4.78 is 7.54. The zero-order valence-electron chi connectivity index (χ0n) is 11.5. The van der Waals surface area contributed by atoms with Crippen molar-refractivity contribution in [3.63, 3.8) is 0 Å². The molecular formula is C14H17ClN4O. The molecule has 0 aliphatic rings. The Kier molecular flexibility index (Phi) is 4.29. The highest BCUT2D eigenvalue weighted by Gasteiger charge is 2.13. The average Bonchev–Trinajstić information content (AvgIpc) is 2.72. The summed E-state index contributed by atoms with van der Waals surface area (Å²) in [7, 11) is 0. The van der Waals surface area contributed by atoms with Crippen LogP contribution < -0.4 is 10.5 Å². The molecule has 1 aromatic heterocycles. The number of benzene rings is 1. The smallest absolute Gasteiger partial charge is 0.131 e. The minimum Gasteiger partial charge on any atom is -0.487 e. The molecule has 20 heavy (non-hydrogen) atoms. The van der Waals surface area contributed by atoms with Crippen LogP contribution in [0.5, 0.6) is 5.75 Å². The van der Waals surface area contributed by atoms with Gasteiger partial charge in [0.1, 0.15) is 18.2 Å². The number of nitrogen functional groups attached to an aromatic ring is 1. The molecule has 0 amide bonds. The molecule has 0 bridgehead atoms. The molecule has 0 aliphatic heterocycles. The summed E-state index contributed by atoms with van der Waals surface area (Å²) in [6, 6.07) is 7.07. The topological polar surface area (TPSA) is 76.9 Å². The van der Waals surface area contributed by atoms with Gasteiger partial charge in [-0.2, -0.15) is 5.10 Å². The van der Waals surface area contributed by atoms with Gasteiger partial charge in [0.2, 0.25) is 0 Å². The van der Waals surface area contributed by atoms with Gasteiger partial charge in [0.05, 0.1) is 16.4 Å². The summed E-state index contributed by atoms with van der Waals surface area (Å²) in [5.41, 5.74) is 7.74. The van der Waals surface area contributed by atoms with E-state index in [0.29, 0.717) is 22.9 Å². The van der Waals surface area contributed by atoms with Crippen molar-refractivity contribution in [2.45, 2.75) is 27.0 Å². The molecule has 3 N–H and O–H groups in total. The van der Waals surface area contributed by atoms with E-state index in [4.69, 9.17) is 27.5 Å². The minimum absolute atomic E-state index is 0.0410.